The predicted octanol–water partition coefficient (Wildman–Crippen LogP) is 2.56. The summed E-state index contributed by atoms with van der Waals surface area (Å²) < 4.78 is 15.4. The molecule has 0 unspecified atom stereocenters. The molecule has 0 aromatic heterocycles. The zero-order valence-electron chi connectivity index (χ0n) is 14.8. The van der Waals surface area contributed by atoms with Gasteiger partial charge in [0.2, 0.25) is 0 Å². The number of benzene rings is 1. The number of carbonyl (C=O) groups excluding carboxylic acids is 2. The fourth-order valence-corrected chi connectivity index (χ4v) is 2.68. The molecule has 0 N–H and O–H groups in total. The Kier molecular flexibility index (Phi) is 5.64. The van der Waals surface area contributed by atoms with Crippen LogP contribution in [0.1, 0.15) is 12.5 Å². The van der Waals surface area contributed by atoms with Crippen LogP contribution >= 0.6 is 0 Å². The van der Waals surface area contributed by atoms with E-state index in [1.54, 1.807) is 44.4 Å². The van der Waals surface area contributed by atoms with Crippen molar-refractivity contribution in [3.05, 3.63) is 53.3 Å². The number of carbonyl (C=O) groups is 2. The fourth-order valence-electron chi connectivity index (χ4n) is 2.68. The zero-order valence-corrected chi connectivity index (χ0v) is 14.8. The molecule has 6 nitrogen and oxygen atoms in total. The number of hydrogen-bond acceptors (Lipinski definition) is 5. The molecule has 1 heterocycles. The second kappa shape index (κ2) is 7.70. The van der Waals surface area contributed by atoms with E-state index in [1.165, 1.54) is 19.1 Å². The van der Waals surface area contributed by atoms with Gasteiger partial charge in [-0.2, -0.15) is 0 Å². The number of amides is 1. The highest BCUT2D eigenvalue weighted by atomic mass is 16.5. The molecule has 1 aromatic carbocycles. The van der Waals surface area contributed by atoms with Crippen molar-refractivity contribution in [1.82, 2.24) is 4.90 Å². The first-order chi connectivity index (χ1) is 12.0. The summed E-state index contributed by atoms with van der Waals surface area (Å²) in [6, 6.07) is 5.23. The Hall–Kier alpha value is -3.02. The van der Waals surface area contributed by atoms with Gasteiger partial charge < -0.3 is 19.1 Å². The van der Waals surface area contributed by atoms with E-state index in [2.05, 4.69) is 6.58 Å². The van der Waals surface area contributed by atoms with E-state index in [9.17, 15) is 9.59 Å². The van der Waals surface area contributed by atoms with Gasteiger partial charge in [-0.05, 0) is 31.2 Å². The van der Waals surface area contributed by atoms with Crippen LogP contribution in [-0.2, 0) is 14.3 Å². The third-order valence-corrected chi connectivity index (χ3v) is 3.95. The highest BCUT2D eigenvalue weighted by Crippen LogP contribution is 2.34. The van der Waals surface area contributed by atoms with Gasteiger partial charge in [0.05, 0.1) is 32.5 Å². The number of rotatable bonds is 6. The highest BCUT2D eigenvalue weighted by Gasteiger charge is 2.36. The lowest BCUT2D eigenvalue weighted by atomic mass is 10.0. The van der Waals surface area contributed by atoms with Crippen molar-refractivity contribution < 1.29 is 23.8 Å². The summed E-state index contributed by atoms with van der Waals surface area (Å²) in [6.45, 7) is 5.66. The summed E-state index contributed by atoms with van der Waals surface area (Å²) in [4.78, 5) is 26.5. The molecule has 1 aliphatic heterocycles. The van der Waals surface area contributed by atoms with Crippen LogP contribution in [0.3, 0.4) is 0 Å². The summed E-state index contributed by atoms with van der Waals surface area (Å²) >= 11 is 0. The van der Waals surface area contributed by atoms with E-state index >= 15 is 0 Å². The minimum Gasteiger partial charge on any atom is -0.497 e. The van der Waals surface area contributed by atoms with E-state index in [4.69, 9.17) is 14.2 Å². The topological polar surface area (TPSA) is 65.1 Å². The molecular formula is C19H21NO5. The molecule has 1 amide bonds. The third-order valence-electron chi connectivity index (χ3n) is 3.95. The Balaban J connectivity index is 2.62. The standard InChI is InChI=1S/C19H21NO5/c1-6-9-20-12(2)17(19(22)25-5)15(18(20)21)11-13-10-14(23-3)7-8-16(13)24-4/h6-8,10-11H,1,9H2,2-5H3/b15-11-. The first-order valence-corrected chi connectivity index (χ1v) is 7.64. The van der Waals surface area contributed by atoms with E-state index in [-0.39, 0.29) is 17.1 Å². The number of nitrogens with zero attached hydrogens (tertiary/aromatic N) is 1. The van der Waals surface area contributed by atoms with Crippen molar-refractivity contribution in [3.63, 3.8) is 0 Å². The molecule has 0 radical (unpaired) electrons. The monoisotopic (exact) mass is 343 g/mol. The Morgan fingerprint density at radius 3 is 2.52 bits per heavy atom. The molecule has 0 saturated heterocycles. The van der Waals surface area contributed by atoms with Crippen LogP contribution < -0.4 is 9.47 Å². The van der Waals surface area contributed by atoms with Crippen molar-refractivity contribution in [3.8, 4) is 11.5 Å². The summed E-state index contributed by atoms with van der Waals surface area (Å²) in [5.41, 5.74) is 1.64. The van der Waals surface area contributed by atoms with Gasteiger partial charge in [-0.15, -0.1) is 6.58 Å². The Morgan fingerprint density at radius 2 is 1.96 bits per heavy atom. The second-order valence-electron chi connectivity index (χ2n) is 5.32. The van der Waals surface area contributed by atoms with Gasteiger partial charge in [0, 0.05) is 17.8 Å². The number of methoxy groups -OCH3 is 3. The van der Waals surface area contributed by atoms with Crippen LogP contribution in [0.4, 0.5) is 0 Å². The summed E-state index contributed by atoms with van der Waals surface area (Å²) in [5.74, 6) is 0.319. The average molecular weight is 343 g/mol. The Labute approximate surface area is 147 Å². The van der Waals surface area contributed by atoms with E-state index in [0.717, 1.165) is 0 Å². The minimum absolute atomic E-state index is 0.235. The van der Waals surface area contributed by atoms with Crippen molar-refractivity contribution in [2.75, 3.05) is 27.9 Å². The van der Waals surface area contributed by atoms with Gasteiger partial charge in [0.15, 0.2) is 0 Å². The molecule has 0 fully saturated rings. The fraction of sp³-hybridized carbons (Fsp3) is 0.263. The van der Waals surface area contributed by atoms with Crippen LogP contribution in [0.5, 0.6) is 11.5 Å². The van der Waals surface area contributed by atoms with Gasteiger partial charge in [-0.1, -0.05) is 6.08 Å². The van der Waals surface area contributed by atoms with Crippen LogP contribution in [-0.4, -0.2) is 44.7 Å². The molecular weight excluding hydrogens is 322 g/mol. The second-order valence-corrected chi connectivity index (χ2v) is 5.32. The van der Waals surface area contributed by atoms with E-state index in [1.807, 2.05) is 0 Å². The first-order valence-electron chi connectivity index (χ1n) is 7.64. The molecule has 0 aliphatic carbocycles. The van der Waals surface area contributed by atoms with Crippen LogP contribution in [0.2, 0.25) is 0 Å². The maximum Gasteiger partial charge on any atom is 0.340 e. The summed E-state index contributed by atoms with van der Waals surface area (Å²) in [6.07, 6.45) is 3.22. The molecule has 6 heteroatoms. The molecule has 2 rings (SSSR count). The van der Waals surface area contributed by atoms with Crippen LogP contribution in [0.15, 0.2) is 47.7 Å². The molecule has 0 bridgehead atoms. The lowest BCUT2D eigenvalue weighted by Gasteiger charge is -2.14. The summed E-state index contributed by atoms with van der Waals surface area (Å²) in [7, 11) is 4.37. The van der Waals surface area contributed by atoms with E-state index < -0.39 is 5.97 Å². The lowest BCUT2D eigenvalue weighted by molar-refractivity contribution is -0.136. The molecule has 132 valence electrons. The molecule has 0 atom stereocenters. The Morgan fingerprint density at radius 1 is 1.24 bits per heavy atom. The van der Waals surface area contributed by atoms with Crippen molar-refractivity contribution in [1.29, 1.82) is 0 Å². The maximum atomic E-state index is 12.8. The number of hydrogen-bond donors (Lipinski definition) is 0. The smallest absolute Gasteiger partial charge is 0.340 e. The third kappa shape index (κ3) is 3.42. The molecule has 1 aromatic rings. The van der Waals surface area contributed by atoms with Gasteiger partial charge >= 0.3 is 5.97 Å². The van der Waals surface area contributed by atoms with Crippen molar-refractivity contribution in [2.45, 2.75) is 6.92 Å². The number of ether oxygens (including phenoxy) is 3. The average Bonchev–Trinajstić information content (AvgIpc) is 2.85. The quantitative estimate of drug-likeness (QED) is 0.451. The van der Waals surface area contributed by atoms with Gasteiger partial charge in [-0.3, -0.25) is 4.79 Å². The maximum absolute atomic E-state index is 12.8. The molecule has 1 aliphatic rings. The predicted molar refractivity (Wildman–Crippen MR) is 94.1 cm³/mol. The highest BCUT2D eigenvalue weighted by molar-refractivity contribution is 6.16. The Bertz CT molecular complexity index is 776. The van der Waals surface area contributed by atoms with Crippen molar-refractivity contribution >= 4 is 18.0 Å². The summed E-state index contributed by atoms with van der Waals surface area (Å²) in [5, 5.41) is 0. The van der Waals surface area contributed by atoms with E-state index in [0.29, 0.717) is 29.3 Å². The first kappa shape index (κ1) is 18.3. The SMILES string of the molecule is C=CCN1C(=O)/C(=C\c2cc(OC)ccc2OC)C(C(=O)OC)=C1C. The van der Waals surface area contributed by atoms with Gasteiger partial charge in [-0.25, -0.2) is 4.79 Å². The largest absolute Gasteiger partial charge is 0.497 e. The molecule has 25 heavy (non-hydrogen) atoms. The zero-order chi connectivity index (χ0) is 18.6. The lowest BCUT2D eigenvalue weighted by Crippen LogP contribution is -2.25. The van der Waals surface area contributed by atoms with Gasteiger partial charge in [0.1, 0.15) is 11.5 Å². The molecule has 0 spiro atoms. The van der Waals surface area contributed by atoms with Crippen molar-refractivity contribution in [2.24, 2.45) is 0 Å². The number of allylic oxidation sites excluding steroid dienone is 1. The minimum atomic E-state index is -0.564. The number of esters is 1. The van der Waals surface area contributed by atoms with Gasteiger partial charge in [0.25, 0.3) is 5.91 Å². The van der Waals surface area contributed by atoms with Crippen LogP contribution in [0.25, 0.3) is 6.08 Å². The normalized spacial score (nSPS) is 15.6. The van der Waals surface area contributed by atoms with Crippen LogP contribution in [0, 0.1) is 0 Å². The molecule has 0 saturated carbocycles.